The summed E-state index contributed by atoms with van der Waals surface area (Å²) in [5.74, 6) is 0.197. The summed E-state index contributed by atoms with van der Waals surface area (Å²) in [4.78, 5) is 10.6. The van der Waals surface area contributed by atoms with Crippen molar-refractivity contribution in [2.45, 2.75) is 19.8 Å². The van der Waals surface area contributed by atoms with Gasteiger partial charge >= 0.3 is 39.9 Å². The molecule has 0 fully saturated rings. The standard InChI is InChI=1S/C12H15NO3.3CO.Fe/c1-9(14)16-6-5-10-3-4-12(15-2)11(7-10)8-13;3*1-2;/h3-4,11H,5-7H2,1-2H3;;;;. The molecule has 7 nitrogen and oxygen atoms in total. The summed E-state index contributed by atoms with van der Waals surface area (Å²) >= 11 is 0. The van der Waals surface area contributed by atoms with Gasteiger partial charge in [0.05, 0.1) is 19.8 Å². The number of carbonyl (C=O) groups is 1. The van der Waals surface area contributed by atoms with E-state index in [1.807, 2.05) is 6.08 Å². The van der Waals surface area contributed by atoms with Crippen LogP contribution in [-0.2, 0) is 45.3 Å². The predicted molar refractivity (Wildman–Crippen MR) is 69.9 cm³/mol. The Balaban J connectivity index is -0.000000231. The topological polar surface area (TPSA) is 119 Å². The fourth-order valence-electron chi connectivity index (χ4n) is 1.58. The van der Waals surface area contributed by atoms with Crippen molar-refractivity contribution in [3.8, 4) is 6.07 Å². The number of nitrogens with zero attached hydrogens (tertiary/aromatic N) is 1. The first kappa shape index (κ1) is 29.0. The smallest absolute Gasteiger partial charge is 0 e. The molecule has 0 N–H and O–H groups in total. The summed E-state index contributed by atoms with van der Waals surface area (Å²) in [5.41, 5.74) is 1.11. The number of rotatable bonds is 4. The van der Waals surface area contributed by atoms with Crippen LogP contribution in [0.25, 0.3) is 0 Å². The minimum absolute atomic E-state index is 0. The van der Waals surface area contributed by atoms with Gasteiger partial charge in [0, 0.05) is 30.4 Å². The second-order valence-corrected chi connectivity index (χ2v) is 3.57. The van der Waals surface area contributed by atoms with E-state index in [4.69, 9.17) is 28.7 Å². The molecular weight excluding hydrogens is 346 g/mol. The van der Waals surface area contributed by atoms with Crippen molar-refractivity contribution in [1.29, 1.82) is 5.26 Å². The summed E-state index contributed by atoms with van der Waals surface area (Å²) in [6, 6.07) is 2.19. The first-order valence-electron chi connectivity index (χ1n) is 5.75. The number of hydrogen-bond donors (Lipinski definition) is 0. The van der Waals surface area contributed by atoms with Gasteiger partial charge in [-0.1, -0.05) is 11.6 Å². The van der Waals surface area contributed by atoms with Crippen LogP contribution in [0.2, 0.25) is 0 Å². The monoisotopic (exact) mass is 361 g/mol. The number of esters is 1. The Morgan fingerprint density at radius 2 is 1.83 bits per heavy atom. The van der Waals surface area contributed by atoms with Crippen LogP contribution in [0.1, 0.15) is 19.8 Å². The zero-order valence-electron chi connectivity index (χ0n) is 12.6. The van der Waals surface area contributed by atoms with Gasteiger partial charge < -0.3 is 9.47 Å². The Morgan fingerprint density at radius 3 is 2.22 bits per heavy atom. The summed E-state index contributed by atoms with van der Waals surface area (Å²) in [6.07, 6.45) is 5.05. The largest absolute Gasteiger partial charge is 0 e. The summed E-state index contributed by atoms with van der Waals surface area (Å²) in [5, 5.41) is 8.94. The van der Waals surface area contributed by atoms with Gasteiger partial charge in [-0.15, -0.1) is 0 Å². The van der Waals surface area contributed by atoms with Crippen LogP contribution in [0.4, 0.5) is 0 Å². The van der Waals surface area contributed by atoms with E-state index in [9.17, 15) is 4.79 Å². The van der Waals surface area contributed by atoms with E-state index in [1.165, 1.54) is 6.92 Å². The molecule has 0 aromatic rings. The van der Waals surface area contributed by atoms with Crippen molar-refractivity contribution in [3.05, 3.63) is 43.4 Å². The van der Waals surface area contributed by atoms with Crippen LogP contribution in [-0.4, -0.2) is 19.7 Å². The van der Waals surface area contributed by atoms with Crippen molar-refractivity contribution < 1.29 is 45.3 Å². The second kappa shape index (κ2) is 22.3. The van der Waals surface area contributed by atoms with E-state index in [0.717, 1.165) is 5.57 Å². The van der Waals surface area contributed by atoms with Crippen molar-refractivity contribution in [2.24, 2.45) is 5.92 Å². The molecule has 124 valence electrons. The van der Waals surface area contributed by atoms with Crippen LogP contribution >= 0.6 is 0 Å². The van der Waals surface area contributed by atoms with E-state index < -0.39 is 0 Å². The molecule has 0 aromatic heterocycles. The Labute approximate surface area is 145 Å². The van der Waals surface area contributed by atoms with Gasteiger partial charge in [0.25, 0.3) is 0 Å². The molecule has 1 aliphatic rings. The fourth-order valence-corrected chi connectivity index (χ4v) is 1.58. The first-order chi connectivity index (χ1) is 10.7. The molecular formula is C15H15FeNO6. The van der Waals surface area contributed by atoms with Crippen LogP contribution in [0.3, 0.4) is 0 Å². The average molecular weight is 361 g/mol. The van der Waals surface area contributed by atoms with Crippen molar-refractivity contribution >= 4 is 5.97 Å². The molecule has 0 spiro atoms. The van der Waals surface area contributed by atoms with Gasteiger partial charge in [0.1, 0.15) is 11.7 Å². The zero-order valence-corrected chi connectivity index (χ0v) is 13.7. The third kappa shape index (κ3) is 14.7. The van der Waals surface area contributed by atoms with Gasteiger partial charge in [-0.05, 0) is 12.5 Å². The molecule has 0 radical (unpaired) electrons. The van der Waals surface area contributed by atoms with Crippen LogP contribution < -0.4 is 0 Å². The SMILES string of the molecule is COC1=CC=C(CCOC(C)=O)CC1C#N.[C-]#[O+].[C-]#[O+].[C-]#[O+].[Fe]. The molecule has 8 heteroatoms. The molecule has 23 heavy (non-hydrogen) atoms. The molecule has 1 atom stereocenters. The molecule has 0 aromatic carbocycles. The Bertz CT molecular complexity index is 470. The first-order valence-corrected chi connectivity index (χ1v) is 5.75. The number of hydrogen-bond acceptors (Lipinski definition) is 4. The van der Waals surface area contributed by atoms with Gasteiger partial charge in [-0.25, -0.2) is 0 Å². The van der Waals surface area contributed by atoms with Crippen LogP contribution in [0, 0.1) is 37.2 Å². The zero-order chi connectivity index (χ0) is 18.0. The molecule has 0 aliphatic heterocycles. The summed E-state index contributed by atoms with van der Waals surface area (Å²) in [7, 11) is 1.56. The number of allylic oxidation sites excluding steroid dienone is 3. The number of nitriles is 1. The molecule has 1 rings (SSSR count). The normalized spacial score (nSPS) is 13.6. The fraction of sp³-hybridized carbons (Fsp3) is 0.400. The van der Waals surface area contributed by atoms with E-state index in [0.29, 0.717) is 25.2 Å². The Morgan fingerprint density at radius 1 is 1.30 bits per heavy atom. The number of carbonyl (C=O) groups excluding carboxylic acids is 1. The third-order valence-corrected chi connectivity index (χ3v) is 2.41. The maximum Gasteiger partial charge on any atom is 0 e. The van der Waals surface area contributed by atoms with Crippen LogP contribution in [0.15, 0.2) is 23.5 Å². The minimum Gasteiger partial charge on any atom is 0 e. The van der Waals surface area contributed by atoms with Crippen LogP contribution in [0.5, 0.6) is 0 Å². The van der Waals surface area contributed by atoms with Gasteiger partial charge in [0.2, 0.25) is 0 Å². The maximum atomic E-state index is 10.6. The van der Waals surface area contributed by atoms with Crippen molar-refractivity contribution in [1.82, 2.24) is 0 Å². The molecule has 1 unspecified atom stereocenters. The molecule has 0 heterocycles. The number of ether oxygens (including phenoxy) is 2. The quantitative estimate of drug-likeness (QED) is 0.328. The van der Waals surface area contributed by atoms with Gasteiger partial charge in [0.15, 0.2) is 0 Å². The minimum atomic E-state index is -0.277. The van der Waals surface area contributed by atoms with Crippen molar-refractivity contribution in [2.75, 3.05) is 13.7 Å². The van der Waals surface area contributed by atoms with E-state index >= 15 is 0 Å². The predicted octanol–water partition coefficient (Wildman–Crippen LogP) is 1.82. The maximum absolute atomic E-state index is 10.6. The van der Waals surface area contributed by atoms with Crippen molar-refractivity contribution in [3.63, 3.8) is 0 Å². The summed E-state index contributed by atoms with van der Waals surface area (Å²) in [6.45, 7) is 15.3. The number of methoxy groups -OCH3 is 1. The Hall–Kier alpha value is -2.02. The third-order valence-electron chi connectivity index (χ3n) is 2.41. The Kier molecular flexibility index (Phi) is 28.1. The molecule has 0 bridgehead atoms. The van der Waals surface area contributed by atoms with E-state index in [2.05, 4.69) is 26.0 Å². The molecule has 0 saturated heterocycles. The average Bonchev–Trinajstić information content (AvgIpc) is 2.59. The molecule has 1 aliphatic carbocycles. The summed E-state index contributed by atoms with van der Waals surface area (Å²) < 4.78 is 32.4. The van der Waals surface area contributed by atoms with Gasteiger partial charge in [-0.3, -0.25) is 4.79 Å². The second-order valence-electron chi connectivity index (χ2n) is 3.57. The van der Waals surface area contributed by atoms with Gasteiger partial charge in [-0.2, -0.15) is 5.26 Å². The van der Waals surface area contributed by atoms with E-state index in [1.54, 1.807) is 13.2 Å². The molecule has 0 saturated carbocycles. The van der Waals surface area contributed by atoms with E-state index in [-0.39, 0.29) is 29.0 Å². The molecule has 0 amide bonds.